The van der Waals surface area contributed by atoms with Crippen molar-refractivity contribution in [3.05, 3.63) is 46.7 Å². The van der Waals surface area contributed by atoms with Crippen LogP contribution in [0.2, 0.25) is 18.1 Å². The minimum absolute atomic E-state index is 0.0653. The van der Waals surface area contributed by atoms with Crippen molar-refractivity contribution in [3.63, 3.8) is 0 Å². The van der Waals surface area contributed by atoms with E-state index < -0.39 is 8.32 Å². The summed E-state index contributed by atoms with van der Waals surface area (Å²) < 4.78 is 23.8. The summed E-state index contributed by atoms with van der Waals surface area (Å²) in [6.45, 7) is 12.5. The van der Waals surface area contributed by atoms with E-state index in [2.05, 4.69) is 58.1 Å². The minimum atomic E-state index is -1.84. The van der Waals surface area contributed by atoms with E-state index in [-0.39, 0.29) is 17.2 Å². The molecule has 1 aromatic carbocycles. The highest BCUT2D eigenvalue weighted by atomic mass is 28.4. The summed E-state index contributed by atoms with van der Waals surface area (Å²) in [5.74, 6) is 1.20. The summed E-state index contributed by atoms with van der Waals surface area (Å²) >= 11 is 0. The second kappa shape index (κ2) is 9.34. The van der Waals surface area contributed by atoms with E-state index in [0.29, 0.717) is 13.4 Å². The first kappa shape index (κ1) is 22.5. The second-order valence-corrected chi connectivity index (χ2v) is 14.6. The maximum absolute atomic E-state index is 6.92. The van der Waals surface area contributed by atoms with E-state index in [1.165, 1.54) is 29.7 Å². The van der Waals surface area contributed by atoms with Crippen LogP contribution in [0, 0.1) is 0 Å². The van der Waals surface area contributed by atoms with Crippen LogP contribution >= 0.6 is 0 Å². The van der Waals surface area contributed by atoms with Gasteiger partial charge in [0.2, 0.25) is 0 Å². The van der Waals surface area contributed by atoms with Crippen molar-refractivity contribution < 1.29 is 18.6 Å². The first-order valence-electron chi connectivity index (χ1n) is 10.9. The SMILES string of the molecule is COCOCc1ccc([C@H]2C[C@@H](O[Si](C)(C)C(C)(C)C)C3=C(CCCC3)O2)cc1. The van der Waals surface area contributed by atoms with Crippen molar-refractivity contribution in [2.24, 2.45) is 0 Å². The lowest BCUT2D eigenvalue weighted by molar-refractivity contribution is -0.0390. The molecule has 3 rings (SSSR count). The number of ether oxygens (including phenoxy) is 3. The minimum Gasteiger partial charge on any atom is -0.490 e. The fraction of sp³-hybridized carbons (Fsp3) is 0.667. The molecular weight excluding hydrogens is 380 g/mol. The lowest BCUT2D eigenvalue weighted by Crippen LogP contribution is -2.46. The lowest BCUT2D eigenvalue weighted by atomic mass is 9.87. The molecule has 162 valence electrons. The molecule has 0 radical (unpaired) electrons. The Kier molecular flexibility index (Phi) is 7.26. The van der Waals surface area contributed by atoms with E-state index >= 15 is 0 Å². The molecule has 2 atom stereocenters. The molecule has 1 aromatic rings. The lowest BCUT2D eigenvalue weighted by Gasteiger charge is -2.44. The average molecular weight is 419 g/mol. The van der Waals surface area contributed by atoms with Crippen LogP contribution in [0.3, 0.4) is 0 Å². The molecule has 0 saturated heterocycles. The van der Waals surface area contributed by atoms with Crippen LogP contribution in [0.25, 0.3) is 0 Å². The molecule has 0 spiro atoms. The molecule has 0 amide bonds. The van der Waals surface area contributed by atoms with E-state index in [1.54, 1.807) is 7.11 Å². The van der Waals surface area contributed by atoms with Crippen LogP contribution in [0.5, 0.6) is 0 Å². The molecule has 0 bridgehead atoms. The predicted molar refractivity (Wildman–Crippen MR) is 119 cm³/mol. The van der Waals surface area contributed by atoms with Gasteiger partial charge in [0.05, 0.1) is 18.5 Å². The maximum Gasteiger partial charge on any atom is 0.192 e. The van der Waals surface area contributed by atoms with Crippen LogP contribution in [0.15, 0.2) is 35.6 Å². The van der Waals surface area contributed by atoms with Crippen LogP contribution in [-0.2, 0) is 25.2 Å². The van der Waals surface area contributed by atoms with Gasteiger partial charge in [-0.15, -0.1) is 0 Å². The maximum atomic E-state index is 6.92. The predicted octanol–water partition coefficient (Wildman–Crippen LogP) is 6.49. The van der Waals surface area contributed by atoms with E-state index in [4.69, 9.17) is 18.6 Å². The Morgan fingerprint density at radius 3 is 2.41 bits per heavy atom. The number of methoxy groups -OCH3 is 1. The van der Waals surface area contributed by atoms with Crippen LogP contribution in [0.1, 0.15) is 70.1 Å². The number of hydrogen-bond acceptors (Lipinski definition) is 4. The highest BCUT2D eigenvalue weighted by Gasteiger charge is 2.42. The highest BCUT2D eigenvalue weighted by Crippen LogP contribution is 2.45. The molecule has 2 aliphatic rings. The molecule has 4 nitrogen and oxygen atoms in total. The van der Waals surface area contributed by atoms with Gasteiger partial charge in [0.25, 0.3) is 0 Å². The molecule has 0 fully saturated rings. The third-order valence-corrected chi connectivity index (χ3v) is 11.1. The number of rotatable bonds is 7. The zero-order chi connectivity index (χ0) is 21.1. The van der Waals surface area contributed by atoms with Gasteiger partial charge in [-0.05, 0) is 54.1 Å². The molecule has 1 aliphatic carbocycles. The van der Waals surface area contributed by atoms with Crippen molar-refractivity contribution in [2.75, 3.05) is 13.9 Å². The fourth-order valence-electron chi connectivity index (χ4n) is 3.86. The number of hydrogen-bond donors (Lipinski definition) is 0. The van der Waals surface area contributed by atoms with Gasteiger partial charge in [0.1, 0.15) is 12.9 Å². The van der Waals surface area contributed by atoms with E-state index in [0.717, 1.165) is 24.8 Å². The zero-order valence-electron chi connectivity index (χ0n) is 19.0. The van der Waals surface area contributed by atoms with Crippen LogP contribution in [-0.4, -0.2) is 28.3 Å². The summed E-state index contributed by atoms with van der Waals surface area (Å²) in [6.07, 6.45) is 5.80. The molecule has 5 heteroatoms. The molecule has 0 saturated carbocycles. The van der Waals surface area contributed by atoms with E-state index in [9.17, 15) is 0 Å². The number of allylic oxidation sites excluding steroid dienone is 1. The Morgan fingerprint density at radius 1 is 1.07 bits per heavy atom. The normalized spacial score (nSPS) is 23.0. The standard InChI is InChI=1S/C24H38O4Si/c1-24(2,3)29(5,6)28-23-15-22(27-21-10-8-7-9-20(21)23)19-13-11-18(12-14-19)16-26-17-25-4/h11-14,22-23H,7-10,15-17H2,1-6H3/t22-,23-/m1/s1. The van der Waals surface area contributed by atoms with Crippen molar-refractivity contribution in [1.82, 2.24) is 0 Å². The summed E-state index contributed by atoms with van der Waals surface area (Å²) in [4.78, 5) is 0. The second-order valence-electron chi connectivity index (χ2n) is 9.86. The van der Waals surface area contributed by atoms with Crippen LogP contribution < -0.4 is 0 Å². The van der Waals surface area contributed by atoms with Gasteiger partial charge < -0.3 is 18.6 Å². The van der Waals surface area contributed by atoms with Gasteiger partial charge in [-0.2, -0.15) is 0 Å². The summed E-state index contributed by atoms with van der Waals surface area (Å²) in [7, 11) is -0.206. The Hall–Kier alpha value is -1.14. The first-order valence-corrected chi connectivity index (χ1v) is 13.8. The molecule has 0 N–H and O–H groups in total. The van der Waals surface area contributed by atoms with Gasteiger partial charge in [-0.3, -0.25) is 0 Å². The van der Waals surface area contributed by atoms with Crippen molar-refractivity contribution in [1.29, 1.82) is 0 Å². The third kappa shape index (κ3) is 5.51. The van der Waals surface area contributed by atoms with Gasteiger partial charge in [-0.25, -0.2) is 0 Å². The Morgan fingerprint density at radius 2 is 1.76 bits per heavy atom. The third-order valence-electron chi connectivity index (χ3n) is 6.62. The summed E-state index contributed by atoms with van der Waals surface area (Å²) in [5, 5.41) is 0.208. The fourth-order valence-corrected chi connectivity index (χ4v) is 5.16. The average Bonchev–Trinajstić information content (AvgIpc) is 2.67. The number of benzene rings is 1. The highest BCUT2D eigenvalue weighted by molar-refractivity contribution is 6.74. The molecular formula is C24H38O4Si. The quantitative estimate of drug-likeness (QED) is 0.288. The van der Waals surface area contributed by atoms with Gasteiger partial charge in [0, 0.05) is 20.0 Å². The van der Waals surface area contributed by atoms with Crippen LogP contribution in [0.4, 0.5) is 0 Å². The molecule has 1 aliphatic heterocycles. The van der Waals surface area contributed by atoms with Gasteiger partial charge in [0.15, 0.2) is 8.32 Å². The molecule has 29 heavy (non-hydrogen) atoms. The molecule has 0 aromatic heterocycles. The topological polar surface area (TPSA) is 36.9 Å². The Bertz CT molecular complexity index is 703. The Labute approximate surface area is 177 Å². The summed E-state index contributed by atoms with van der Waals surface area (Å²) in [5.41, 5.74) is 3.80. The largest absolute Gasteiger partial charge is 0.490 e. The van der Waals surface area contributed by atoms with Gasteiger partial charge in [-0.1, -0.05) is 45.0 Å². The van der Waals surface area contributed by atoms with Crippen molar-refractivity contribution in [3.8, 4) is 0 Å². The van der Waals surface area contributed by atoms with Crippen molar-refractivity contribution >= 4 is 8.32 Å². The van der Waals surface area contributed by atoms with Gasteiger partial charge >= 0.3 is 0 Å². The zero-order valence-corrected chi connectivity index (χ0v) is 20.0. The Balaban J connectivity index is 1.77. The molecule has 0 unspecified atom stereocenters. The van der Waals surface area contributed by atoms with Crippen molar-refractivity contribution in [2.45, 2.75) is 89.8 Å². The summed E-state index contributed by atoms with van der Waals surface area (Å²) in [6, 6.07) is 8.60. The molecule has 1 heterocycles. The first-order chi connectivity index (χ1) is 13.7. The monoisotopic (exact) mass is 418 g/mol. The van der Waals surface area contributed by atoms with E-state index in [1.807, 2.05) is 0 Å². The smallest absolute Gasteiger partial charge is 0.192 e.